The lowest BCUT2D eigenvalue weighted by Crippen LogP contribution is -2.28. The zero-order chi connectivity index (χ0) is 7.97. The van der Waals surface area contributed by atoms with Crippen molar-refractivity contribution in [1.82, 2.24) is 5.32 Å². The van der Waals surface area contributed by atoms with Crippen molar-refractivity contribution in [1.29, 1.82) is 0 Å². The van der Waals surface area contributed by atoms with Gasteiger partial charge in [0.2, 0.25) is 0 Å². The van der Waals surface area contributed by atoms with Gasteiger partial charge in [-0.1, -0.05) is 18.2 Å². The van der Waals surface area contributed by atoms with E-state index in [1.165, 1.54) is 19.5 Å². The van der Waals surface area contributed by atoms with Gasteiger partial charge in [0.05, 0.1) is 0 Å². The Bertz CT molecular complexity index is 277. The van der Waals surface area contributed by atoms with Crippen molar-refractivity contribution < 1.29 is 0 Å². The normalized spacial score (nSPS) is 31.7. The maximum atomic E-state index is 3.48. The molecule has 1 aromatic rings. The Morgan fingerprint density at radius 3 is 3.00 bits per heavy atom. The Kier molecular flexibility index (Phi) is 1.30. The number of nitrogens with one attached hydrogen (secondary N) is 1. The first-order chi connectivity index (χ1) is 5.95. The van der Waals surface area contributed by atoms with Gasteiger partial charge >= 0.3 is 0 Å². The fourth-order valence-electron chi connectivity index (χ4n) is 2.60. The summed E-state index contributed by atoms with van der Waals surface area (Å²) in [5.41, 5.74) is 3.12. The molecule has 1 fully saturated rings. The van der Waals surface area contributed by atoms with Crippen LogP contribution in [0.5, 0.6) is 0 Å². The summed E-state index contributed by atoms with van der Waals surface area (Å²) in [6.07, 6.45) is 1.36. The number of fused-ring (bicyclic) bond motifs is 5. The Labute approximate surface area is 72.8 Å². The Morgan fingerprint density at radius 1 is 1.25 bits per heavy atom. The quantitative estimate of drug-likeness (QED) is 0.605. The average molecular weight is 158 g/mol. The van der Waals surface area contributed by atoms with Gasteiger partial charge in [-0.2, -0.15) is 0 Å². The number of benzene rings is 1. The predicted octanol–water partition coefficient (Wildman–Crippen LogP) is 1.66. The summed E-state index contributed by atoms with van der Waals surface area (Å²) in [5, 5.41) is 3.48. The Hall–Kier alpha value is -0.820. The van der Waals surface area contributed by atoms with E-state index in [9.17, 15) is 0 Å². The molecule has 61 valence electrons. The molecule has 1 aliphatic heterocycles. The third-order valence-corrected chi connectivity index (χ3v) is 3.16. The molecule has 0 saturated carbocycles. The molecule has 2 unspecified atom stereocenters. The van der Waals surface area contributed by atoms with E-state index >= 15 is 0 Å². The van der Waals surface area contributed by atoms with E-state index in [4.69, 9.17) is 0 Å². The van der Waals surface area contributed by atoms with Crippen molar-refractivity contribution >= 4 is 0 Å². The summed E-state index contributed by atoms with van der Waals surface area (Å²) in [7, 11) is 0. The van der Waals surface area contributed by atoms with Crippen molar-refractivity contribution in [3.8, 4) is 0 Å². The van der Waals surface area contributed by atoms with Crippen LogP contribution in [0.2, 0.25) is 0 Å². The Balaban J connectivity index is 2.16. The molecule has 3 rings (SSSR count). The van der Waals surface area contributed by atoms with Crippen molar-refractivity contribution in [3.63, 3.8) is 0 Å². The lowest BCUT2D eigenvalue weighted by molar-refractivity contribution is 0.454. The molecular formula is C11H12N. The van der Waals surface area contributed by atoms with Gasteiger partial charge in [-0.05, 0) is 35.4 Å². The summed E-state index contributed by atoms with van der Waals surface area (Å²) in [4.78, 5) is 0. The molecule has 1 saturated heterocycles. The van der Waals surface area contributed by atoms with Crippen molar-refractivity contribution in [2.24, 2.45) is 0 Å². The molecule has 1 aromatic carbocycles. The second kappa shape index (κ2) is 2.33. The van der Waals surface area contributed by atoms with E-state index < -0.39 is 0 Å². The fraction of sp³-hybridized carbons (Fsp3) is 0.455. The maximum absolute atomic E-state index is 3.48. The average Bonchev–Trinajstić information content (AvgIpc) is 2.41. The van der Waals surface area contributed by atoms with Crippen LogP contribution >= 0.6 is 0 Å². The number of piperidine rings is 1. The first kappa shape index (κ1) is 6.67. The van der Waals surface area contributed by atoms with E-state index in [1.807, 2.05) is 6.07 Å². The number of hydrogen-bond acceptors (Lipinski definition) is 1. The summed E-state index contributed by atoms with van der Waals surface area (Å²) in [6, 6.07) is 9.64. The Morgan fingerprint density at radius 2 is 2.08 bits per heavy atom. The zero-order valence-electron chi connectivity index (χ0n) is 7.01. The van der Waals surface area contributed by atoms with E-state index in [0.29, 0.717) is 0 Å². The van der Waals surface area contributed by atoms with Crippen LogP contribution in [0.3, 0.4) is 0 Å². The summed E-state index contributed by atoms with van der Waals surface area (Å²) in [6.45, 7) is 2.34. The van der Waals surface area contributed by atoms with Crippen LogP contribution in [0.1, 0.15) is 29.4 Å². The topological polar surface area (TPSA) is 12.0 Å². The fourth-order valence-corrected chi connectivity index (χ4v) is 2.60. The molecule has 1 nitrogen and oxygen atoms in total. The highest BCUT2D eigenvalue weighted by Gasteiger charge is 2.33. The second-order valence-electron chi connectivity index (χ2n) is 3.84. The van der Waals surface area contributed by atoms with Crippen molar-refractivity contribution in [3.05, 3.63) is 35.4 Å². The third kappa shape index (κ3) is 0.774. The van der Waals surface area contributed by atoms with Crippen LogP contribution in [-0.4, -0.2) is 13.1 Å². The molecule has 1 heterocycles. The minimum atomic E-state index is 0.774. The molecule has 2 bridgehead atoms. The molecule has 1 heteroatoms. The predicted molar refractivity (Wildman–Crippen MR) is 48.2 cm³/mol. The molecular weight excluding hydrogens is 146 g/mol. The minimum absolute atomic E-state index is 0.774. The number of hydrogen-bond donors (Lipinski definition) is 1. The van der Waals surface area contributed by atoms with Gasteiger partial charge in [0.1, 0.15) is 0 Å². The SMILES string of the molecule is [c]1ccc2c(c1)C1CNCC2C1. The molecule has 0 spiro atoms. The highest BCUT2D eigenvalue weighted by Crippen LogP contribution is 2.42. The van der Waals surface area contributed by atoms with Gasteiger partial charge < -0.3 is 5.32 Å². The van der Waals surface area contributed by atoms with Crippen LogP contribution in [-0.2, 0) is 0 Å². The maximum Gasteiger partial charge on any atom is 0.00207 e. The van der Waals surface area contributed by atoms with Gasteiger partial charge in [0.15, 0.2) is 0 Å². The van der Waals surface area contributed by atoms with Crippen LogP contribution in [0.25, 0.3) is 0 Å². The molecule has 1 N–H and O–H groups in total. The van der Waals surface area contributed by atoms with E-state index in [-0.39, 0.29) is 0 Å². The monoisotopic (exact) mass is 158 g/mol. The van der Waals surface area contributed by atoms with Gasteiger partial charge in [-0.3, -0.25) is 0 Å². The van der Waals surface area contributed by atoms with Gasteiger partial charge in [0.25, 0.3) is 0 Å². The second-order valence-corrected chi connectivity index (χ2v) is 3.84. The summed E-state index contributed by atoms with van der Waals surface area (Å²) in [5.74, 6) is 1.56. The van der Waals surface area contributed by atoms with Crippen LogP contribution in [0.15, 0.2) is 18.2 Å². The van der Waals surface area contributed by atoms with Crippen LogP contribution < -0.4 is 5.32 Å². The highest BCUT2D eigenvalue weighted by atomic mass is 14.9. The smallest absolute Gasteiger partial charge is 0.00207 e. The standard InChI is InChI=1S/C11H12N/c1-2-4-11-9-5-8(6-12-7-9)10(11)3-1/h1,3-4,8-9,12H,5-7H2. The summed E-state index contributed by atoms with van der Waals surface area (Å²) >= 11 is 0. The van der Waals surface area contributed by atoms with Gasteiger partial charge in [-0.15, -0.1) is 0 Å². The first-order valence-electron chi connectivity index (χ1n) is 4.66. The lowest BCUT2D eigenvalue weighted by atomic mass is 9.98. The van der Waals surface area contributed by atoms with E-state index in [2.05, 4.69) is 23.5 Å². The molecule has 0 amide bonds. The van der Waals surface area contributed by atoms with Crippen molar-refractivity contribution in [2.75, 3.05) is 13.1 Å². The van der Waals surface area contributed by atoms with Crippen LogP contribution in [0, 0.1) is 6.07 Å². The molecule has 12 heavy (non-hydrogen) atoms. The molecule has 0 aromatic heterocycles. The summed E-state index contributed by atoms with van der Waals surface area (Å²) < 4.78 is 0. The first-order valence-corrected chi connectivity index (χ1v) is 4.66. The number of rotatable bonds is 0. The highest BCUT2D eigenvalue weighted by molar-refractivity contribution is 5.39. The van der Waals surface area contributed by atoms with E-state index in [0.717, 1.165) is 11.8 Å². The molecule has 2 aliphatic rings. The molecule has 1 aliphatic carbocycles. The third-order valence-electron chi connectivity index (χ3n) is 3.16. The van der Waals surface area contributed by atoms with Gasteiger partial charge in [-0.25, -0.2) is 0 Å². The van der Waals surface area contributed by atoms with E-state index in [1.54, 1.807) is 11.1 Å². The minimum Gasteiger partial charge on any atom is -0.316 e. The zero-order valence-corrected chi connectivity index (χ0v) is 7.01. The lowest BCUT2D eigenvalue weighted by Gasteiger charge is -2.19. The van der Waals surface area contributed by atoms with Crippen LogP contribution in [0.4, 0.5) is 0 Å². The molecule has 2 atom stereocenters. The largest absolute Gasteiger partial charge is 0.316 e. The van der Waals surface area contributed by atoms with Crippen molar-refractivity contribution in [2.45, 2.75) is 18.3 Å². The van der Waals surface area contributed by atoms with Gasteiger partial charge in [0, 0.05) is 13.1 Å². The molecule has 1 radical (unpaired) electrons.